The molecule has 3 nitrogen and oxygen atoms in total. The molecule has 4 heteroatoms. The lowest BCUT2D eigenvalue weighted by Gasteiger charge is -2.38. The number of unbranched alkanes of at least 4 members (excludes halogenated alkanes) is 1. The molecule has 1 saturated carbocycles. The summed E-state index contributed by atoms with van der Waals surface area (Å²) in [5, 5.41) is 11.1. The van der Waals surface area contributed by atoms with Gasteiger partial charge in [0.15, 0.2) is 9.84 Å². The second kappa shape index (κ2) is 13.6. The van der Waals surface area contributed by atoms with Crippen molar-refractivity contribution in [3.05, 3.63) is 42.0 Å². The van der Waals surface area contributed by atoms with Crippen LogP contribution in [0.3, 0.4) is 0 Å². The largest absolute Gasteiger partial charge is 0.390 e. The van der Waals surface area contributed by atoms with Crippen molar-refractivity contribution in [2.45, 2.75) is 122 Å². The summed E-state index contributed by atoms with van der Waals surface area (Å²) in [6, 6.07) is 8.92. The third kappa shape index (κ3) is 7.93. The van der Waals surface area contributed by atoms with E-state index in [1.165, 1.54) is 56.9 Å². The number of hydrogen-bond acceptors (Lipinski definition) is 3. The molecule has 1 aromatic carbocycles. The average molecular weight is 517 g/mol. The Hall–Kier alpha value is -1.13. The lowest BCUT2D eigenvalue weighted by atomic mass is 9.68. The van der Waals surface area contributed by atoms with Crippen LogP contribution in [0.4, 0.5) is 0 Å². The van der Waals surface area contributed by atoms with Gasteiger partial charge in [0.25, 0.3) is 0 Å². The van der Waals surface area contributed by atoms with E-state index in [1.807, 2.05) is 18.2 Å². The molecule has 0 aromatic heterocycles. The fourth-order valence-corrected chi connectivity index (χ4v) is 8.62. The van der Waals surface area contributed by atoms with Crippen LogP contribution in [0.5, 0.6) is 0 Å². The monoisotopic (exact) mass is 516 g/mol. The van der Waals surface area contributed by atoms with Gasteiger partial charge in [-0.25, -0.2) is 8.42 Å². The normalized spacial score (nSPS) is 27.4. The summed E-state index contributed by atoms with van der Waals surface area (Å²) in [5.41, 5.74) is 0.968. The van der Waals surface area contributed by atoms with Gasteiger partial charge in [-0.15, -0.1) is 0 Å². The van der Waals surface area contributed by atoms with Gasteiger partial charge in [0.1, 0.15) is 0 Å². The minimum atomic E-state index is -3.19. The van der Waals surface area contributed by atoms with E-state index in [0.717, 1.165) is 49.9 Å². The van der Waals surface area contributed by atoms with E-state index in [9.17, 15) is 13.5 Å². The molecule has 3 rings (SSSR count). The first-order valence-corrected chi connectivity index (χ1v) is 16.5. The summed E-state index contributed by atoms with van der Waals surface area (Å²) >= 11 is 0. The van der Waals surface area contributed by atoms with Crippen LogP contribution in [0.15, 0.2) is 46.9 Å². The van der Waals surface area contributed by atoms with Gasteiger partial charge in [-0.2, -0.15) is 0 Å². The number of benzene rings is 1. The van der Waals surface area contributed by atoms with Crippen molar-refractivity contribution >= 4 is 9.84 Å². The topological polar surface area (TPSA) is 54.4 Å². The van der Waals surface area contributed by atoms with Crippen molar-refractivity contribution in [1.82, 2.24) is 0 Å². The van der Waals surface area contributed by atoms with Gasteiger partial charge < -0.3 is 5.11 Å². The minimum Gasteiger partial charge on any atom is -0.390 e. The SMILES string of the molecule is CCCC[C@@H]1CC(CC(O)(CC)CCC)=CC[C@H]1[C@@H]1CC[C@H]([C@H](C)CCS(=O)(=O)c2ccccc2)C1. The predicted molar refractivity (Wildman–Crippen MR) is 152 cm³/mol. The number of aliphatic hydroxyl groups is 1. The third-order valence-corrected chi connectivity index (χ3v) is 11.3. The average Bonchev–Trinajstić information content (AvgIpc) is 3.37. The highest BCUT2D eigenvalue weighted by Crippen LogP contribution is 2.48. The van der Waals surface area contributed by atoms with Crippen molar-refractivity contribution in [3.8, 4) is 0 Å². The van der Waals surface area contributed by atoms with Crippen LogP contribution in [0.25, 0.3) is 0 Å². The maximum absolute atomic E-state index is 12.8. The molecule has 204 valence electrons. The van der Waals surface area contributed by atoms with Gasteiger partial charge >= 0.3 is 0 Å². The molecule has 0 saturated heterocycles. The van der Waals surface area contributed by atoms with Crippen LogP contribution >= 0.6 is 0 Å². The molecule has 2 aliphatic carbocycles. The Morgan fingerprint density at radius 2 is 1.83 bits per heavy atom. The molecule has 6 atom stereocenters. The van der Waals surface area contributed by atoms with Gasteiger partial charge in [0.2, 0.25) is 0 Å². The number of hydrogen-bond donors (Lipinski definition) is 1. The van der Waals surface area contributed by atoms with Crippen LogP contribution in [0.1, 0.15) is 111 Å². The van der Waals surface area contributed by atoms with Crippen molar-refractivity contribution in [3.63, 3.8) is 0 Å². The molecule has 2 aliphatic rings. The van der Waals surface area contributed by atoms with Crippen molar-refractivity contribution in [2.24, 2.45) is 29.6 Å². The van der Waals surface area contributed by atoms with Crippen molar-refractivity contribution in [2.75, 3.05) is 5.75 Å². The van der Waals surface area contributed by atoms with E-state index in [1.54, 1.807) is 12.1 Å². The molecule has 36 heavy (non-hydrogen) atoms. The van der Waals surface area contributed by atoms with Crippen LogP contribution in [-0.4, -0.2) is 24.9 Å². The van der Waals surface area contributed by atoms with E-state index >= 15 is 0 Å². The summed E-state index contributed by atoms with van der Waals surface area (Å²) in [4.78, 5) is 0.457. The predicted octanol–water partition coefficient (Wildman–Crippen LogP) is 8.38. The summed E-state index contributed by atoms with van der Waals surface area (Å²) in [6.45, 7) is 8.87. The zero-order chi connectivity index (χ0) is 26.2. The molecule has 0 spiro atoms. The van der Waals surface area contributed by atoms with Crippen LogP contribution in [-0.2, 0) is 9.84 Å². The van der Waals surface area contributed by atoms with Gasteiger partial charge in [-0.3, -0.25) is 0 Å². The summed E-state index contributed by atoms with van der Waals surface area (Å²) in [7, 11) is -3.19. The molecule has 0 bridgehead atoms. The Balaban J connectivity index is 1.59. The molecule has 0 aliphatic heterocycles. The molecule has 0 amide bonds. The minimum absolute atomic E-state index is 0.256. The first kappa shape index (κ1) is 29.4. The van der Waals surface area contributed by atoms with Gasteiger partial charge in [-0.1, -0.05) is 76.8 Å². The zero-order valence-electron chi connectivity index (χ0n) is 23.4. The zero-order valence-corrected chi connectivity index (χ0v) is 24.2. The lowest BCUT2D eigenvalue weighted by molar-refractivity contribution is 0.0243. The first-order valence-electron chi connectivity index (χ1n) is 14.9. The maximum atomic E-state index is 12.8. The highest BCUT2D eigenvalue weighted by molar-refractivity contribution is 7.91. The Morgan fingerprint density at radius 1 is 1.08 bits per heavy atom. The highest BCUT2D eigenvalue weighted by Gasteiger charge is 2.39. The highest BCUT2D eigenvalue weighted by atomic mass is 32.2. The van der Waals surface area contributed by atoms with Crippen molar-refractivity contribution < 1.29 is 13.5 Å². The Kier molecular flexibility index (Phi) is 11.1. The summed E-state index contributed by atoms with van der Waals surface area (Å²) in [6.07, 6.45) is 16.9. The van der Waals surface area contributed by atoms with E-state index in [2.05, 4.69) is 33.8 Å². The number of sulfone groups is 1. The van der Waals surface area contributed by atoms with Crippen LogP contribution in [0, 0.1) is 29.6 Å². The quantitative estimate of drug-likeness (QED) is 0.253. The Bertz CT molecular complexity index is 922. The fraction of sp³-hybridized carbons (Fsp3) is 0.750. The molecule has 1 aromatic rings. The van der Waals surface area contributed by atoms with E-state index in [0.29, 0.717) is 16.7 Å². The molecule has 0 heterocycles. The molecule has 1 N–H and O–H groups in total. The first-order chi connectivity index (χ1) is 17.2. The second-order valence-corrected chi connectivity index (χ2v) is 14.2. The Morgan fingerprint density at radius 3 is 2.50 bits per heavy atom. The number of rotatable bonds is 14. The van der Waals surface area contributed by atoms with Gasteiger partial charge in [-0.05, 0) is 106 Å². The lowest BCUT2D eigenvalue weighted by Crippen LogP contribution is -2.31. The smallest absolute Gasteiger partial charge is 0.178 e. The van der Waals surface area contributed by atoms with E-state index in [-0.39, 0.29) is 5.75 Å². The van der Waals surface area contributed by atoms with Crippen LogP contribution < -0.4 is 0 Å². The van der Waals surface area contributed by atoms with E-state index in [4.69, 9.17) is 0 Å². The summed E-state index contributed by atoms with van der Waals surface area (Å²) in [5.74, 6) is 3.62. The second-order valence-electron chi connectivity index (χ2n) is 12.1. The van der Waals surface area contributed by atoms with Crippen LogP contribution in [0.2, 0.25) is 0 Å². The maximum Gasteiger partial charge on any atom is 0.178 e. The van der Waals surface area contributed by atoms with Crippen molar-refractivity contribution in [1.29, 1.82) is 0 Å². The standard InChI is InChI=1S/C32H52O3S/c1-5-8-12-28-22-26(24-32(33,7-3)20-6-2)15-18-31(28)29-17-16-27(23-29)25(4)19-21-36(34,35)30-13-10-9-11-14-30/h9-11,13-15,25,27-29,31,33H,5-8,12,16-24H2,1-4H3/t25-,27+,28-,29-,31-,32?/m1/s1. The molecule has 0 radical (unpaired) electrons. The number of allylic oxidation sites excluding steroid dienone is 1. The molecule has 1 unspecified atom stereocenters. The van der Waals surface area contributed by atoms with Gasteiger partial charge in [0, 0.05) is 0 Å². The van der Waals surface area contributed by atoms with Gasteiger partial charge in [0.05, 0.1) is 16.2 Å². The third-order valence-electron chi connectivity index (χ3n) is 9.53. The fourth-order valence-electron chi connectivity index (χ4n) is 7.13. The van der Waals surface area contributed by atoms with E-state index < -0.39 is 15.4 Å². The molecular formula is C32H52O3S. The molecule has 1 fully saturated rings. The molecular weight excluding hydrogens is 464 g/mol. The Labute approximate surface area is 222 Å². The summed E-state index contributed by atoms with van der Waals surface area (Å²) < 4.78 is 25.5.